The van der Waals surface area contributed by atoms with Gasteiger partial charge in [0.05, 0.1) is 11.2 Å². The number of carbonyl (C=O) groups is 1. The highest BCUT2D eigenvalue weighted by Crippen LogP contribution is 2.36. The minimum Gasteiger partial charge on any atom is -0.399 e. The van der Waals surface area contributed by atoms with Crippen LogP contribution in [0.3, 0.4) is 0 Å². The normalized spacial score (nSPS) is 18.3. The van der Waals surface area contributed by atoms with E-state index >= 15 is 0 Å². The third kappa shape index (κ3) is 3.13. The van der Waals surface area contributed by atoms with E-state index in [1.165, 1.54) is 0 Å². The van der Waals surface area contributed by atoms with E-state index in [0.717, 1.165) is 16.6 Å². The average Bonchev–Trinajstić information content (AvgIpc) is 2.76. The molecule has 4 N–H and O–H groups in total. The van der Waals surface area contributed by atoms with Crippen molar-refractivity contribution < 1.29 is 14.1 Å². The maximum atomic E-state index is 11.2. The highest BCUT2D eigenvalue weighted by molar-refractivity contribution is 6.62. The number of pyridine rings is 1. The van der Waals surface area contributed by atoms with Gasteiger partial charge in [-0.25, -0.2) is 4.98 Å². The molecule has 1 fully saturated rings. The average molecular weight is 339 g/mol. The van der Waals surface area contributed by atoms with Crippen LogP contribution >= 0.6 is 0 Å². The molecule has 1 amide bonds. The monoisotopic (exact) mass is 339 g/mol. The Bertz CT molecular complexity index is 803. The van der Waals surface area contributed by atoms with Crippen LogP contribution < -0.4 is 16.9 Å². The Labute approximate surface area is 147 Å². The van der Waals surface area contributed by atoms with E-state index in [4.69, 9.17) is 20.8 Å². The van der Waals surface area contributed by atoms with Crippen LogP contribution in [0.1, 0.15) is 38.1 Å². The summed E-state index contributed by atoms with van der Waals surface area (Å²) in [5, 5.41) is 0. The standard InChI is InChI=1S/C18H22BN3O3/c1-17(2)18(3,4)25-19(24-17)13-9-14(15(20)22-10-13)11-5-7-12(8-6-11)16(21)23/h5-10H,1-4H3,(H2,20,22)(H2,21,23). The third-order valence-electron chi connectivity index (χ3n) is 4.95. The maximum absolute atomic E-state index is 11.2. The van der Waals surface area contributed by atoms with E-state index in [-0.39, 0.29) is 0 Å². The fourth-order valence-corrected chi connectivity index (χ4v) is 2.64. The zero-order chi connectivity index (χ0) is 18.4. The molecule has 2 aromatic rings. The first kappa shape index (κ1) is 17.4. The van der Waals surface area contributed by atoms with E-state index in [1.807, 2.05) is 33.8 Å². The summed E-state index contributed by atoms with van der Waals surface area (Å²) in [6.07, 6.45) is 1.67. The van der Waals surface area contributed by atoms with Crippen molar-refractivity contribution in [2.75, 3.05) is 5.73 Å². The van der Waals surface area contributed by atoms with E-state index in [1.54, 1.807) is 30.5 Å². The van der Waals surface area contributed by atoms with Gasteiger partial charge in [-0.3, -0.25) is 4.79 Å². The molecule has 2 heterocycles. The lowest BCUT2D eigenvalue weighted by atomic mass is 9.79. The fourth-order valence-electron chi connectivity index (χ4n) is 2.64. The lowest BCUT2D eigenvalue weighted by molar-refractivity contribution is 0.00578. The number of hydrogen-bond acceptors (Lipinski definition) is 5. The summed E-state index contributed by atoms with van der Waals surface area (Å²) >= 11 is 0. The van der Waals surface area contributed by atoms with Crippen molar-refractivity contribution in [1.82, 2.24) is 4.98 Å². The Morgan fingerprint density at radius 2 is 1.64 bits per heavy atom. The van der Waals surface area contributed by atoms with Gasteiger partial charge in [0.1, 0.15) is 5.82 Å². The van der Waals surface area contributed by atoms with Crippen LogP contribution in [0, 0.1) is 0 Å². The predicted molar refractivity (Wildman–Crippen MR) is 98.3 cm³/mol. The number of anilines is 1. The number of nitrogens with zero attached hydrogens (tertiary/aromatic N) is 1. The first-order valence-corrected chi connectivity index (χ1v) is 8.12. The van der Waals surface area contributed by atoms with Crippen LogP contribution in [-0.4, -0.2) is 29.2 Å². The molecule has 1 aliphatic rings. The van der Waals surface area contributed by atoms with Crippen molar-refractivity contribution in [3.63, 3.8) is 0 Å². The van der Waals surface area contributed by atoms with Gasteiger partial charge in [-0.2, -0.15) is 0 Å². The summed E-state index contributed by atoms with van der Waals surface area (Å²) in [6.45, 7) is 8.00. The zero-order valence-electron chi connectivity index (χ0n) is 14.9. The summed E-state index contributed by atoms with van der Waals surface area (Å²) in [6, 6.07) is 8.82. The van der Waals surface area contributed by atoms with Gasteiger partial charge in [-0.1, -0.05) is 12.1 Å². The molecule has 0 aliphatic carbocycles. The SMILES string of the molecule is CC1(C)OB(c2cnc(N)c(-c3ccc(C(N)=O)cc3)c2)OC1(C)C. The van der Waals surface area contributed by atoms with E-state index < -0.39 is 24.2 Å². The first-order chi connectivity index (χ1) is 11.6. The number of primary amides is 1. The van der Waals surface area contributed by atoms with Gasteiger partial charge in [0.2, 0.25) is 5.91 Å². The lowest BCUT2D eigenvalue weighted by Gasteiger charge is -2.32. The van der Waals surface area contributed by atoms with Crippen molar-refractivity contribution in [1.29, 1.82) is 0 Å². The molecule has 0 radical (unpaired) electrons. The minimum absolute atomic E-state index is 0.395. The zero-order valence-corrected chi connectivity index (χ0v) is 14.9. The molecule has 0 spiro atoms. The number of nitrogen functional groups attached to an aromatic ring is 1. The fraction of sp³-hybridized carbons (Fsp3) is 0.333. The Hall–Kier alpha value is -2.38. The van der Waals surface area contributed by atoms with Gasteiger partial charge in [-0.15, -0.1) is 0 Å². The molecule has 6 nitrogen and oxygen atoms in total. The molecule has 0 saturated carbocycles. The molecule has 1 saturated heterocycles. The number of rotatable bonds is 3. The molecule has 0 atom stereocenters. The van der Waals surface area contributed by atoms with Crippen LogP contribution in [0.15, 0.2) is 36.5 Å². The van der Waals surface area contributed by atoms with Gasteiger partial charge in [0.15, 0.2) is 0 Å². The van der Waals surface area contributed by atoms with Gasteiger partial charge in [0, 0.05) is 22.8 Å². The van der Waals surface area contributed by atoms with Crippen LogP contribution in [0.4, 0.5) is 5.82 Å². The Balaban J connectivity index is 1.95. The Morgan fingerprint density at radius 3 is 2.16 bits per heavy atom. The van der Waals surface area contributed by atoms with Crippen molar-refractivity contribution in [2.24, 2.45) is 5.73 Å². The van der Waals surface area contributed by atoms with Crippen molar-refractivity contribution in [3.05, 3.63) is 42.1 Å². The molecule has 1 aromatic carbocycles. The molecule has 0 bridgehead atoms. The smallest absolute Gasteiger partial charge is 0.399 e. The van der Waals surface area contributed by atoms with Crippen LogP contribution in [-0.2, 0) is 9.31 Å². The molecule has 1 aromatic heterocycles. The second-order valence-corrected chi connectivity index (χ2v) is 7.23. The number of aromatic nitrogens is 1. The highest BCUT2D eigenvalue weighted by atomic mass is 16.7. The van der Waals surface area contributed by atoms with Crippen LogP contribution in [0.5, 0.6) is 0 Å². The van der Waals surface area contributed by atoms with Gasteiger partial charge >= 0.3 is 7.12 Å². The minimum atomic E-state index is -0.512. The topological polar surface area (TPSA) is 100 Å². The molecular weight excluding hydrogens is 317 g/mol. The molecule has 25 heavy (non-hydrogen) atoms. The lowest BCUT2D eigenvalue weighted by Crippen LogP contribution is -2.41. The van der Waals surface area contributed by atoms with Gasteiger partial charge < -0.3 is 20.8 Å². The second kappa shape index (κ2) is 5.86. The van der Waals surface area contributed by atoms with Crippen molar-refractivity contribution in [3.8, 4) is 11.1 Å². The summed E-state index contributed by atoms with van der Waals surface area (Å²) in [4.78, 5) is 15.5. The summed E-state index contributed by atoms with van der Waals surface area (Å²) < 4.78 is 12.1. The highest BCUT2D eigenvalue weighted by Gasteiger charge is 2.51. The third-order valence-corrected chi connectivity index (χ3v) is 4.95. The first-order valence-electron chi connectivity index (χ1n) is 8.12. The van der Waals surface area contributed by atoms with E-state index in [0.29, 0.717) is 11.4 Å². The molecule has 130 valence electrons. The summed E-state index contributed by atoms with van der Waals surface area (Å²) in [5.74, 6) is -0.0734. The Kier molecular flexibility index (Phi) is 4.09. The maximum Gasteiger partial charge on any atom is 0.496 e. The van der Waals surface area contributed by atoms with Crippen molar-refractivity contribution >= 4 is 24.3 Å². The van der Waals surface area contributed by atoms with Crippen molar-refractivity contribution in [2.45, 2.75) is 38.9 Å². The number of carbonyl (C=O) groups excluding carboxylic acids is 1. The quantitative estimate of drug-likeness (QED) is 0.830. The molecular formula is C18H22BN3O3. The Morgan fingerprint density at radius 1 is 1.08 bits per heavy atom. The molecule has 1 aliphatic heterocycles. The van der Waals surface area contributed by atoms with Gasteiger partial charge in [0.25, 0.3) is 0 Å². The second-order valence-electron chi connectivity index (χ2n) is 7.23. The van der Waals surface area contributed by atoms with Gasteiger partial charge in [-0.05, 0) is 51.5 Å². The largest absolute Gasteiger partial charge is 0.496 e. The van der Waals surface area contributed by atoms with E-state index in [2.05, 4.69) is 4.98 Å². The molecule has 0 unspecified atom stereocenters. The summed E-state index contributed by atoms with van der Waals surface area (Å²) in [7, 11) is -0.512. The van der Waals surface area contributed by atoms with Crippen LogP contribution in [0.2, 0.25) is 0 Å². The number of amides is 1. The predicted octanol–water partition coefficient (Wildman–Crippen LogP) is 1.73. The molecule has 7 heteroatoms. The molecule has 3 rings (SSSR count). The number of hydrogen-bond donors (Lipinski definition) is 2. The number of nitrogens with two attached hydrogens (primary N) is 2. The summed E-state index contributed by atoms with van der Waals surface area (Å²) in [5.41, 5.74) is 13.3. The number of benzene rings is 1. The van der Waals surface area contributed by atoms with E-state index in [9.17, 15) is 4.79 Å². The van der Waals surface area contributed by atoms with Crippen LogP contribution in [0.25, 0.3) is 11.1 Å².